The van der Waals surface area contributed by atoms with Crippen LogP contribution >= 0.6 is 46.2 Å². The van der Waals surface area contributed by atoms with Crippen LogP contribution in [0.3, 0.4) is 0 Å². The first-order valence-electron chi connectivity index (χ1n) is 7.44. The number of aromatic nitrogens is 1. The number of hydrogen-bond donors (Lipinski definition) is 0. The predicted octanol–water partition coefficient (Wildman–Crippen LogP) is 6.39. The molecule has 24 heavy (non-hydrogen) atoms. The van der Waals surface area contributed by atoms with Gasteiger partial charge in [0.2, 0.25) is 0 Å². The highest BCUT2D eigenvalue weighted by Crippen LogP contribution is 2.32. The maximum absolute atomic E-state index is 5.57. The van der Waals surface area contributed by atoms with E-state index in [1.807, 2.05) is 0 Å². The van der Waals surface area contributed by atoms with Crippen molar-refractivity contribution in [3.63, 3.8) is 0 Å². The molecule has 0 bridgehead atoms. The largest absolute Gasteiger partial charge is 0.282 e. The molecule has 6 heteroatoms. The van der Waals surface area contributed by atoms with Crippen molar-refractivity contribution in [3.05, 3.63) is 67.6 Å². The van der Waals surface area contributed by atoms with Gasteiger partial charge in [0, 0.05) is 5.69 Å². The van der Waals surface area contributed by atoms with E-state index in [2.05, 4.69) is 66.9 Å². The number of thiazole rings is 1. The summed E-state index contributed by atoms with van der Waals surface area (Å²) in [4.78, 5) is 5.95. The van der Waals surface area contributed by atoms with Crippen LogP contribution in [0.25, 0.3) is 14.5 Å². The average Bonchev–Trinajstić information content (AvgIpc) is 3.06. The van der Waals surface area contributed by atoms with Crippen LogP contribution in [0, 0.1) is 17.8 Å². The van der Waals surface area contributed by atoms with Crippen molar-refractivity contribution in [1.29, 1.82) is 0 Å². The number of aryl methyl sites for hydroxylation is 2. The first-order valence-corrected chi connectivity index (χ1v) is 10.3. The highest BCUT2D eigenvalue weighted by molar-refractivity contribution is 7.74. The zero-order valence-electron chi connectivity index (χ0n) is 13.1. The third-order valence-corrected chi connectivity index (χ3v) is 7.57. The van der Waals surface area contributed by atoms with Crippen molar-refractivity contribution in [2.45, 2.75) is 13.8 Å². The predicted molar refractivity (Wildman–Crippen MR) is 109 cm³/mol. The standard InChI is InChI=1S/C18H14N2S4/c1-11-3-7-13(8-4-11)19-17-22-15-16(23-17)24-18(21)20(15)14-9-5-12(2)6-10-14/h3-10H,1-2H3. The van der Waals surface area contributed by atoms with E-state index in [9.17, 15) is 0 Å². The molecule has 2 nitrogen and oxygen atoms in total. The van der Waals surface area contributed by atoms with Crippen LogP contribution in [0.1, 0.15) is 11.1 Å². The molecule has 0 aliphatic heterocycles. The van der Waals surface area contributed by atoms with Crippen molar-refractivity contribution < 1.29 is 0 Å². The fraction of sp³-hybridized carbons (Fsp3) is 0.111. The van der Waals surface area contributed by atoms with Crippen molar-refractivity contribution >= 4 is 60.8 Å². The van der Waals surface area contributed by atoms with Gasteiger partial charge in [-0.2, -0.15) is 0 Å². The van der Waals surface area contributed by atoms with Gasteiger partial charge in [-0.25, -0.2) is 4.99 Å². The maximum atomic E-state index is 5.57. The second kappa shape index (κ2) is 6.37. The molecule has 4 rings (SSSR count). The van der Waals surface area contributed by atoms with Crippen LogP contribution in [0.15, 0.2) is 53.5 Å². The minimum Gasteiger partial charge on any atom is -0.282 e. The highest BCUT2D eigenvalue weighted by Gasteiger charge is 2.10. The summed E-state index contributed by atoms with van der Waals surface area (Å²) in [5.74, 6) is 0. The average molecular weight is 387 g/mol. The maximum Gasteiger partial charge on any atom is 0.174 e. The highest BCUT2D eigenvalue weighted by atomic mass is 32.2. The summed E-state index contributed by atoms with van der Waals surface area (Å²) in [6.07, 6.45) is 0. The van der Waals surface area contributed by atoms with Crippen molar-refractivity contribution in [2.75, 3.05) is 0 Å². The molecule has 0 fully saturated rings. The van der Waals surface area contributed by atoms with Crippen LogP contribution in [0.5, 0.6) is 0 Å². The molecule has 120 valence electrons. The van der Waals surface area contributed by atoms with E-state index >= 15 is 0 Å². The van der Waals surface area contributed by atoms with E-state index in [1.54, 1.807) is 34.0 Å². The minimum atomic E-state index is 0.887. The molecule has 2 aromatic carbocycles. The number of rotatable bonds is 2. The van der Waals surface area contributed by atoms with Crippen LogP contribution in [0.2, 0.25) is 0 Å². The summed E-state index contributed by atoms with van der Waals surface area (Å²) < 4.78 is 5.33. The molecule has 2 heterocycles. The Morgan fingerprint density at radius 2 is 1.46 bits per heavy atom. The summed E-state index contributed by atoms with van der Waals surface area (Å²) in [7, 11) is 0. The van der Waals surface area contributed by atoms with E-state index < -0.39 is 0 Å². The van der Waals surface area contributed by atoms with Gasteiger partial charge in [0.15, 0.2) is 7.94 Å². The Bertz CT molecular complexity index is 1120. The van der Waals surface area contributed by atoms with Gasteiger partial charge in [0.1, 0.15) is 8.84 Å². The molecule has 0 N–H and O–H groups in total. The Hall–Kier alpha value is -1.60. The van der Waals surface area contributed by atoms with E-state index in [0.29, 0.717) is 0 Å². The molecule has 0 atom stereocenters. The lowest BCUT2D eigenvalue weighted by Gasteiger charge is -2.03. The van der Waals surface area contributed by atoms with E-state index in [-0.39, 0.29) is 0 Å². The molecule has 0 aliphatic carbocycles. The Morgan fingerprint density at radius 3 is 2.12 bits per heavy atom. The molecule has 0 radical (unpaired) electrons. The Labute approximate surface area is 157 Å². The van der Waals surface area contributed by atoms with Gasteiger partial charge in [-0.1, -0.05) is 69.4 Å². The van der Waals surface area contributed by atoms with Gasteiger partial charge in [-0.15, -0.1) is 0 Å². The van der Waals surface area contributed by atoms with Crippen molar-refractivity contribution in [3.8, 4) is 5.69 Å². The number of fused-ring (bicyclic) bond motifs is 1. The fourth-order valence-corrected chi connectivity index (χ4v) is 6.84. The molecule has 0 unspecified atom stereocenters. The molecule has 0 spiro atoms. The van der Waals surface area contributed by atoms with E-state index in [0.717, 1.165) is 19.3 Å². The van der Waals surface area contributed by atoms with Crippen LogP contribution in [-0.4, -0.2) is 4.57 Å². The molecule has 0 saturated carbocycles. The fourth-order valence-electron chi connectivity index (χ4n) is 2.36. The first-order chi connectivity index (χ1) is 11.6. The lowest BCUT2D eigenvalue weighted by molar-refractivity contribution is 1.13. The van der Waals surface area contributed by atoms with Crippen LogP contribution in [-0.2, 0) is 0 Å². The number of nitrogens with zero attached hydrogens (tertiary/aromatic N) is 2. The van der Waals surface area contributed by atoms with Crippen LogP contribution < -0.4 is 3.98 Å². The lowest BCUT2D eigenvalue weighted by Crippen LogP contribution is -1.92. The quantitative estimate of drug-likeness (QED) is 0.365. The monoisotopic (exact) mass is 386 g/mol. The molecule has 0 saturated heterocycles. The van der Waals surface area contributed by atoms with Crippen LogP contribution in [0.4, 0.5) is 5.69 Å². The van der Waals surface area contributed by atoms with Gasteiger partial charge in [-0.3, -0.25) is 4.57 Å². The van der Waals surface area contributed by atoms with Gasteiger partial charge >= 0.3 is 0 Å². The van der Waals surface area contributed by atoms with E-state index in [1.165, 1.54) is 20.0 Å². The van der Waals surface area contributed by atoms with Crippen molar-refractivity contribution in [1.82, 2.24) is 4.57 Å². The summed E-state index contributed by atoms with van der Waals surface area (Å²) in [6.45, 7) is 4.18. The topological polar surface area (TPSA) is 17.3 Å². The zero-order valence-corrected chi connectivity index (χ0v) is 16.4. The Balaban J connectivity index is 1.86. The summed E-state index contributed by atoms with van der Waals surface area (Å²) >= 11 is 10.6. The third-order valence-electron chi connectivity index (χ3n) is 3.65. The van der Waals surface area contributed by atoms with Gasteiger partial charge in [0.05, 0.1) is 5.69 Å². The molecule has 2 aromatic heterocycles. The third kappa shape index (κ3) is 3.02. The second-order valence-electron chi connectivity index (χ2n) is 5.55. The minimum absolute atomic E-state index is 0.887. The van der Waals surface area contributed by atoms with Gasteiger partial charge in [-0.05, 0) is 50.3 Å². The smallest absolute Gasteiger partial charge is 0.174 e. The molecule has 0 amide bonds. The summed E-state index contributed by atoms with van der Waals surface area (Å²) in [5, 5.41) is 0. The molecule has 4 aromatic rings. The number of benzene rings is 2. The normalized spacial score (nSPS) is 12.2. The Kier molecular flexibility index (Phi) is 4.22. The van der Waals surface area contributed by atoms with E-state index in [4.69, 9.17) is 17.2 Å². The second-order valence-corrected chi connectivity index (χ2v) is 9.69. The van der Waals surface area contributed by atoms with Crippen molar-refractivity contribution in [2.24, 2.45) is 4.99 Å². The first kappa shape index (κ1) is 15.9. The summed E-state index contributed by atoms with van der Waals surface area (Å²) in [6, 6.07) is 16.8. The summed E-state index contributed by atoms with van der Waals surface area (Å²) in [5.41, 5.74) is 4.61. The lowest BCUT2D eigenvalue weighted by atomic mass is 10.2. The van der Waals surface area contributed by atoms with Gasteiger partial charge in [0.25, 0.3) is 0 Å². The van der Waals surface area contributed by atoms with Gasteiger partial charge < -0.3 is 0 Å². The molecular weight excluding hydrogens is 372 g/mol. The molecule has 0 aliphatic rings. The number of hydrogen-bond acceptors (Lipinski definition) is 5. The molecular formula is C18H14N2S4. The zero-order chi connectivity index (χ0) is 16.7. The SMILES string of the molecule is Cc1ccc(N=c2sc3sc(=S)n(-c4ccc(C)cc4)c3s2)cc1. The Morgan fingerprint density at radius 1 is 0.833 bits per heavy atom.